The van der Waals surface area contributed by atoms with Gasteiger partial charge in [0.1, 0.15) is 6.61 Å². The molecular weight excluding hydrogens is 428 g/mol. The van der Waals surface area contributed by atoms with Gasteiger partial charge in [-0.2, -0.15) is 0 Å². The Morgan fingerprint density at radius 3 is 2.62 bits per heavy atom. The van der Waals surface area contributed by atoms with Gasteiger partial charge in [-0.3, -0.25) is 4.90 Å². The van der Waals surface area contributed by atoms with Crippen molar-refractivity contribution in [3.63, 3.8) is 0 Å². The van der Waals surface area contributed by atoms with Crippen molar-refractivity contribution < 1.29 is 9.47 Å². The lowest BCUT2D eigenvalue weighted by molar-refractivity contribution is 0.259. The third kappa shape index (κ3) is 6.21. The van der Waals surface area contributed by atoms with Crippen LogP contribution in [0.15, 0.2) is 40.9 Å². The van der Waals surface area contributed by atoms with E-state index in [1.165, 1.54) is 30.5 Å². The Morgan fingerprint density at radius 2 is 1.90 bits per heavy atom. The van der Waals surface area contributed by atoms with E-state index < -0.39 is 0 Å². The number of hydrogen-bond donors (Lipinski definition) is 1. The second-order valence-electron chi connectivity index (χ2n) is 7.67. The molecule has 0 amide bonds. The highest BCUT2D eigenvalue weighted by atomic mass is 79.9. The van der Waals surface area contributed by atoms with Gasteiger partial charge in [-0.05, 0) is 79.0 Å². The van der Waals surface area contributed by atoms with Crippen LogP contribution < -0.4 is 14.8 Å². The van der Waals surface area contributed by atoms with Crippen molar-refractivity contribution in [3.8, 4) is 11.5 Å². The number of hydrogen-bond acceptors (Lipinski definition) is 4. The average molecular weight is 461 g/mol. The Labute approximate surface area is 183 Å². The Balaban J connectivity index is 1.63. The normalized spacial score (nSPS) is 16.9. The van der Waals surface area contributed by atoms with Crippen molar-refractivity contribution in [3.05, 3.63) is 57.6 Å². The molecule has 0 spiro atoms. The van der Waals surface area contributed by atoms with E-state index in [0.29, 0.717) is 19.3 Å². The van der Waals surface area contributed by atoms with E-state index in [-0.39, 0.29) is 0 Å². The molecule has 1 saturated heterocycles. The van der Waals surface area contributed by atoms with Gasteiger partial charge in [-0.1, -0.05) is 36.8 Å². The first kappa shape index (κ1) is 22.1. The van der Waals surface area contributed by atoms with Crippen molar-refractivity contribution in [1.29, 1.82) is 0 Å². The third-order valence-corrected chi connectivity index (χ3v) is 6.08. The highest BCUT2D eigenvalue weighted by Crippen LogP contribution is 2.37. The van der Waals surface area contributed by atoms with Crippen molar-refractivity contribution in [2.45, 2.75) is 52.8 Å². The van der Waals surface area contributed by atoms with Crippen molar-refractivity contribution in [2.75, 3.05) is 26.2 Å². The van der Waals surface area contributed by atoms with Crippen LogP contribution in [-0.2, 0) is 13.2 Å². The molecule has 0 aromatic heterocycles. The van der Waals surface area contributed by atoms with E-state index >= 15 is 0 Å². The Morgan fingerprint density at radius 1 is 1.10 bits per heavy atom. The van der Waals surface area contributed by atoms with Gasteiger partial charge in [0.25, 0.3) is 0 Å². The summed E-state index contributed by atoms with van der Waals surface area (Å²) in [6.07, 6.45) is 2.60. The molecule has 158 valence electrons. The summed E-state index contributed by atoms with van der Waals surface area (Å²) in [7, 11) is 0. The van der Waals surface area contributed by atoms with Gasteiger partial charge < -0.3 is 14.8 Å². The molecule has 0 saturated carbocycles. The van der Waals surface area contributed by atoms with Crippen LogP contribution in [0.1, 0.15) is 43.4 Å². The Kier molecular flexibility index (Phi) is 8.40. The molecule has 5 heteroatoms. The maximum Gasteiger partial charge on any atom is 0.175 e. The fourth-order valence-corrected chi connectivity index (χ4v) is 4.50. The van der Waals surface area contributed by atoms with Crippen LogP contribution in [0.4, 0.5) is 0 Å². The lowest BCUT2D eigenvalue weighted by Crippen LogP contribution is -2.37. The average Bonchev–Trinajstić information content (AvgIpc) is 3.16. The fourth-order valence-electron chi connectivity index (χ4n) is 3.89. The zero-order chi connectivity index (χ0) is 20.6. The van der Waals surface area contributed by atoms with Gasteiger partial charge in [0.05, 0.1) is 11.1 Å². The van der Waals surface area contributed by atoms with Crippen molar-refractivity contribution in [2.24, 2.45) is 0 Å². The second-order valence-corrected chi connectivity index (χ2v) is 8.52. The molecule has 3 rings (SSSR count). The predicted molar refractivity (Wildman–Crippen MR) is 123 cm³/mol. The van der Waals surface area contributed by atoms with Crippen molar-refractivity contribution >= 4 is 15.9 Å². The highest BCUT2D eigenvalue weighted by molar-refractivity contribution is 9.10. The van der Waals surface area contributed by atoms with E-state index in [4.69, 9.17) is 9.47 Å². The van der Waals surface area contributed by atoms with E-state index in [9.17, 15) is 0 Å². The standard InChI is InChI=1S/C24H33BrN2O2/c1-4-27-12-6-7-21(27)16-26-15-20-13-22(25)24(23(14-20)28-5-2)29-17-19-10-8-18(3)9-11-19/h8-11,13-14,21,26H,4-7,12,15-17H2,1-3H3/t21-/m1/s1. The van der Waals surface area contributed by atoms with E-state index in [1.54, 1.807) is 0 Å². The number of rotatable bonds is 10. The smallest absolute Gasteiger partial charge is 0.175 e. The number of benzene rings is 2. The summed E-state index contributed by atoms with van der Waals surface area (Å²) in [6.45, 7) is 11.7. The van der Waals surface area contributed by atoms with Crippen LogP contribution in [0, 0.1) is 6.92 Å². The van der Waals surface area contributed by atoms with Gasteiger partial charge in [-0.25, -0.2) is 0 Å². The minimum Gasteiger partial charge on any atom is -0.490 e. The molecule has 1 fully saturated rings. The predicted octanol–water partition coefficient (Wildman–Crippen LogP) is 5.31. The highest BCUT2D eigenvalue weighted by Gasteiger charge is 2.22. The summed E-state index contributed by atoms with van der Waals surface area (Å²) < 4.78 is 12.9. The molecule has 4 nitrogen and oxygen atoms in total. The number of halogens is 1. The van der Waals surface area contributed by atoms with E-state index in [0.717, 1.165) is 41.2 Å². The van der Waals surface area contributed by atoms with Gasteiger partial charge in [0.15, 0.2) is 11.5 Å². The van der Waals surface area contributed by atoms with Crippen LogP contribution in [-0.4, -0.2) is 37.2 Å². The van der Waals surface area contributed by atoms with Crippen LogP contribution in [0.3, 0.4) is 0 Å². The largest absolute Gasteiger partial charge is 0.490 e. The summed E-state index contributed by atoms with van der Waals surface area (Å²) in [6, 6.07) is 13.3. The molecule has 0 unspecified atom stereocenters. The van der Waals surface area contributed by atoms with E-state index in [2.05, 4.69) is 76.4 Å². The molecule has 29 heavy (non-hydrogen) atoms. The maximum absolute atomic E-state index is 6.12. The molecule has 0 aliphatic carbocycles. The topological polar surface area (TPSA) is 33.7 Å². The zero-order valence-electron chi connectivity index (χ0n) is 17.8. The lowest BCUT2D eigenvalue weighted by atomic mass is 10.1. The van der Waals surface area contributed by atoms with Crippen LogP contribution in [0.25, 0.3) is 0 Å². The maximum atomic E-state index is 6.12. The summed E-state index contributed by atoms with van der Waals surface area (Å²) in [5.41, 5.74) is 3.60. The number of aryl methyl sites for hydroxylation is 1. The molecule has 0 radical (unpaired) electrons. The fraction of sp³-hybridized carbons (Fsp3) is 0.500. The number of nitrogens with zero attached hydrogens (tertiary/aromatic N) is 1. The second kappa shape index (κ2) is 11.0. The first-order valence-corrected chi connectivity index (χ1v) is 11.5. The summed E-state index contributed by atoms with van der Waals surface area (Å²) >= 11 is 3.69. The Bertz CT molecular complexity index is 779. The van der Waals surface area contributed by atoms with Crippen LogP contribution >= 0.6 is 15.9 Å². The number of nitrogens with one attached hydrogen (secondary N) is 1. The molecular formula is C24H33BrN2O2. The van der Waals surface area contributed by atoms with Crippen molar-refractivity contribution in [1.82, 2.24) is 10.2 Å². The van der Waals surface area contributed by atoms with Crippen LogP contribution in [0.5, 0.6) is 11.5 Å². The number of likely N-dealkylation sites (N-methyl/N-ethyl adjacent to an activating group) is 1. The molecule has 1 atom stereocenters. The monoisotopic (exact) mass is 460 g/mol. The molecule has 2 aromatic rings. The summed E-state index contributed by atoms with van der Waals surface area (Å²) in [5.74, 6) is 1.56. The lowest BCUT2D eigenvalue weighted by Gasteiger charge is -2.23. The molecule has 1 aliphatic heterocycles. The van der Waals surface area contributed by atoms with Gasteiger partial charge in [0, 0.05) is 19.1 Å². The Hall–Kier alpha value is -1.56. The molecule has 1 N–H and O–H groups in total. The first-order valence-electron chi connectivity index (χ1n) is 10.7. The molecule has 1 heterocycles. The molecule has 1 aliphatic rings. The molecule has 0 bridgehead atoms. The van der Waals surface area contributed by atoms with Gasteiger partial charge in [0.2, 0.25) is 0 Å². The minimum atomic E-state index is 0.519. The van der Waals surface area contributed by atoms with Gasteiger partial charge >= 0.3 is 0 Å². The number of ether oxygens (including phenoxy) is 2. The quantitative estimate of drug-likeness (QED) is 0.520. The zero-order valence-corrected chi connectivity index (χ0v) is 19.4. The van der Waals surface area contributed by atoms with Crippen LogP contribution in [0.2, 0.25) is 0 Å². The minimum absolute atomic E-state index is 0.519. The third-order valence-electron chi connectivity index (χ3n) is 5.49. The summed E-state index contributed by atoms with van der Waals surface area (Å²) in [4.78, 5) is 2.57. The first-order chi connectivity index (χ1) is 14.1. The van der Waals surface area contributed by atoms with Gasteiger partial charge in [-0.15, -0.1) is 0 Å². The summed E-state index contributed by atoms with van der Waals surface area (Å²) in [5, 5.41) is 3.63. The molecule has 2 aromatic carbocycles. The van der Waals surface area contributed by atoms with E-state index in [1.807, 2.05) is 6.92 Å². The SMILES string of the molecule is CCOc1cc(CNC[C@H]2CCCN2CC)cc(Br)c1OCc1ccc(C)cc1. The number of likely N-dealkylation sites (tertiary alicyclic amines) is 1.